The Kier molecular flexibility index (Phi) is 3.61. The third-order valence-electron chi connectivity index (χ3n) is 1.75. The van der Waals surface area contributed by atoms with Crippen molar-refractivity contribution in [1.29, 1.82) is 0 Å². The monoisotopic (exact) mass is 298 g/mol. The Hall–Kier alpha value is -0.580. The van der Waals surface area contributed by atoms with E-state index in [2.05, 4.69) is 15.9 Å². The molecule has 0 aliphatic rings. The van der Waals surface area contributed by atoms with Gasteiger partial charge in [-0.1, -0.05) is 22.0 Å². The number of rotatable bonds is 2. The molecule has 4 heteroatoms. The fraction of sp³-hybridized carbons (Fsp3) is 0. The van der Waals surface area contributed by atoms with E-state index in [4.69, 9.17) is 0 Å². The normalized spacial score (nSPS) is 10.2. The maximum Gasteiger partial charge on any atom is 0.234 e. The molecule has 0 atom stereocenters. The van der Waals surface area contributed by atoms with Crippen LogP contribution in [0.1, 0.15) is 9.67 Å². The van der Waals surface area contributed by atoms with Crippen LogP contribution in [0.5, 0.6) is 0 Å². The van der Waals surface area contributed by atoms with Gasteiger partial charge in [0.1, 0.15) is 0 Å². The van der Waals surface area contributed by atoms with Gasteiger partial charge in [0, 0.05) is 9.37 Å². The lowest BCUT2D eigenvalue weighted by Gasteiger charge is -1.98. The molecule has 2 rings (SSSR count). The minimum atomic E-state index is 0.104. The lowest BCUT2D eigenvalue weighted by molar-refractivity contribution is 0.109. The number of hydrogen-bond acceptors (Lipinski definition) is 3. The number of halogens is 1. The Morgan fingerprint density at radius 3 is 2.53 bits per heavy atom. The van der Waals surface area contributed by atoms with Gasteiger partial charge in [-0.25, -0.2) is 0 Å². The number of hydrogen-bond donors (Lipinski definition) is 0. The minimum Gasteiger partial charge on any atom is -0.280 e. The first kappa shape index (κ1) is 10.9. The molecule has 0 fully saturated rings. The summed E-state index contributed by atoms with van der Waals surface area (Å²) in [7, 11) is 0. The zero-order valence-electron chi connectivity index (χ0n) is 7.64. The van der Waals surface area contributed by atoms with Crippen LogP contribution in [0.3, 0.4) is 0 Å². The molecular formula is C11H7BrOS2. The average molecular weight is 299 g/mol. The van der Waals surface area contributed by atoms with Crippen molar-refractivity contribution in [3.8, 4) is 0 Å². The number of thioether (sulfide) groups is 1. The molecule has 15 heavy (non-hydrogen) atoms. The van der Waals surface area contributed by atoms with E-state index in [9.17, 15) is 4.79 Å². The highest BCUT2D eigenvalue weighted by atomic mass is 79.9. The van der Waals surface area contributed by atoms with Crippen molar-refractivity contribution in [3.63, 3.8) is 0 Å². The van der Waals surface area contributed by atoms with Crippen LogP contribution in [0.4, 0.5) is 0 Å². The summed E-state index contributed by atoms with van der Waals surface area (Å²) >= 11 is 6.09. The van der Waals surface area contributed by atoms with Crippen LogP contribution in [-0.2, 0) is 0 Å². The van der Waals surface area contributed by atoms with Gasteiger partial charge in [-0.15, -0.1) is 11.3 Å². The summed E-state index contributed by atoms with van der Waals surface area (Å²) in [5, 5.41) is 2.02. The van der Waals surface area contributed by atoms with E-state index in [1.807, 2.05) is 41.8 Å². The van der Waals surface area contributed by atoms with Gasteiger partial charge in [0.25, 0.3) is 0 Å². The number of benzene rings is 1. The van der Waals surface area contributed by atoms with Gasteiger partial charge in [-0.3, -0.25) is 4.79 Å². The number of thiophene rings is 1. The average Bonchev–Trinajstić information content (AvgIpc) is 2.74. The van der Waals surface area contributed by atoms with Crippen molar-refractivity contribution in [2.75, 3.05) is 0 Å². The predicted molar refractivity (Wildman–Crippen MR) is 68.6 cm³/mol. The van der Waals surface area contributed by atoms with E-state index < -0.39 is 0 Å². The molecule has 0 spiro atoms. The van der Waals surface area contributed by atoms with E-state index in [0.717, 1.165) is 14.2 Å². The summed E-state index contributed by atoms with van der Waals surface area (Å²) in [6.45, 7) is 0. The Bertz CT molecular complexity index is 448. The lowest BCUT2D eigenvalue weighted by Crippen LogP contribution is -1.87. The zero-order valence-corrected chi connectivity index (χ0v) is 10.9. The molecule has 0 N–H and O–H groups in total. The standard InChI is InChI=1S/C11H7BrOS2/c12-8-3-5-9(6-4-8)15-11(13)10-2-1-7-14-10/h1-7H. The molecule has 1 aromatic heterocycles. The first-order valence-electron chi connectivity index (χ1n) is 4.27. The molecule has 1 heterocycles. The second kappa shape index (κ2) is 4.96. The molecule has 0 unspecified atom stereocenters. The quantitative estimate of drug-likeness (QED) is 0.762. The first-order valence-corrected chi connectivity index (χ1v) is 6.76. The van der Waals surface area contributed by atoms with Crippen LogP contribution < -0.4 is 0 Å². The van der Waals surface area contributed by atoms with Crippen molar-refractivity contribution in [1.82, 2.24) is 0 Å². The van der Waals surface area contributed by atoms with Gasteiger partial charge >= 0.3 is 0 Å². The second-order valence-corrected chi connectivity index (χ2v) is 5.73. The molecule has 1 nitrogen and oxygen atoms in total. The molecule has 0 radical (unpaired) electrons. The molecule has 2 aromatic rings. The molecule has 0 saturated carbocycles. The summed E-state index contributed by atoms with van der Waals surface area (Å²) in [6.07, 6.45) is 0. The highest BCUT2D eigenvalue weighted by molar-refractivity contribution is 9.10. The highest BCUT2D eigenvalue weighted by Crippen LogP contribution is 2.26. The van der Waals surface area contributed by atoms with Crippen LogP contribution >= 0.6 is 39.0 Å². The molecule has 0 amide bonds. The molecule has 1 aromatic carbocycles. The van der Waals surface area contributed by atoms with Crippen molar-refractivity contribution in [3.05, 3.63) is 51.1 Å². The third kappa shape index (κ3) is 2.93. The zero-order chi connectivity index (χ0) is 10.7. The van der Waals surface area contributed by atoms with Crippen LogP contribution in [0.2, 0.25) is 0 Å². The molecule has 0 bridgehead atoms. The van der Waals surface area contributed by atoms with Crippen molar-refractivity contribution in [2.45, 2.75) is 4.90 Å². The van der Waals surface area contributed by atoms with Gasteiger partial charge in [-0.05, 0) is 47.5 Å². The van der Waals surface area contributed by atoms with Crippen LogP contribution in [0.15, 0.2) is 51.1 Å². The summed E-state index contributed by atoms with van der Waals surface area (Å²) in [4.78, 5) is 13.5. The van der Waals surface area contributed by atoms with Crippen molar-refractivity contribution < 1.29 is 4.79 Å². The van der Waals surface area contributed by atoms with E-state index in [1.165, 1.54) is 23.1 Å². The first-order chi connectivity index (χ1) is 7.25. The van der Waals surface area contributed by atoms with Gasteiger partial charge in [0.15, 0.2) is 0 Å². The van der Waals surface area contributed by atoms with E-state index >= 15 is 0 Å². The Morgan fingerprint density at radius 1 is 1.20 bits per heavy atom. The second-order valence-electron chi connectivity index (χ2n) is 2.82. The SMILES string of the molecule is O=C(Sc1ccc(Br)cc1)c1cccs1. The summed E-state index contributed by atoms with van der Waals surface area (Å²) in [6, 6.07) is 11.5. The molecule has 0 saturated heterocycles. The lowest BCUT2D eigenvalue weighted by atomic mass is 10.4. The van der Waals surface area contributed by atoms with Crippen molar-refractivity contribution in [2.24, 2.45) is 0 Å². The van der Waals surface area contributed by atoms with Crippen LogP contribution in [0, 0.1) is 0 Å². The van der Waals surface area contributed by atoms with E-state index in [1.54, 1.807) is 0 Å². The van der Waals surface area contributed by atoms with Gasteiger partial charge in [0.2, 0.25) is 5.12 Å². The topological polar surface area (TPSA) is 17.1 Å². The summed E-state index contributed by atoms with van der Waals surface area (Å²) < 4.78 is 1.02. The fourth-order valence-electron chi connectivity index (χ4n) is 1.05. The maximum atomic E-state index is 11.7. The Balaban J connectivity index is 2.09. The smallest absolute Gasteiger partial charge is 0.234 e. The van der Waals surface area contributed by atoms with Crippen LogP contribution in [0.25, 0.3) is 0 Å². The van der Waals surface area contributed by atoms with Gasteiger partial charge < -0.3 is 0 Å². The molecule has 0 aliphatic carbocycles. The Morgan fingerprint density at radius 2 is 1.93 bits per heavy atom. The number of carbonyl (C=O) groups excluding carboxylic acids is 1. The van der Waals surface area contributed by atoms with Crippen molar-refractivity contribution >= 4 is 44.1 Å². The third-order valence-corrected chi connectivity index (χ3v) is 4.19. The van der Waals surface area contributed by atoms with Gasteiger partial charge in [0.05, 0.1) is 4.88 Å². The number of carbonyl (C=O) groups is 1. The van der Waals surface area contributed by atoms with Crippen LogP contribution in [-0.4, -0.2) is 5.12 Å². The molecular weight excluding hydrogens is 292 g/mol. The fourth-order valence-corrected chi connectivity index (χ4v) is 2.80. The van der Waals surface area contributed by atoms with Gasteiger partial charge in [-0.2, -0.15) is 0 Å². The summed E-state index contributed by atoms with van der Waals surface area (Å²) in [5.41, 5.74) is 0. The summed E-state index contributed by atoms with van der Waals surface area (Å²) in [5.74, 6) is 0. The van der Waals surface area contributed by atoms with E-state index in [-0.39, 0.29) is 5.12 Å². The van der Waals surface area contributed by atoms with E-state index in [0.29, 0.717) is 0 Å². The Labute approximate surface area is 105 Å². The minimum absolute atomic E-state index is 0.104. The predicted octanol–water partition coefficient (Wildman–Crippen LogP) is 4.44. The molecule has 76 valence electrons. The molecule has 0 aliphatic heterocycles. The largest absolute Gasteiger partial charge is 0.280 e. The highest BCUT2D eigenvalue weighted by Gasteiger charge is 2.08. The maximum absolute atomic E-state index is 11.7.